The third-order valence-corrected chi connectivity index (χ3v) is 6.51. The van der Waals surface area contributed by atoms with Crippen LogP contribution in [0.25, 0.3) is 5.76 Å². The first kappa shape index (κ1) is 28.1. The summed E-state index contributed by atoms with van der Waals surface area (Å²) in [6.45, 7) is 11.3. The van der Waals surface area contributed by atoms with Gasteiger partial charge < -0.3 is 29.1 Å². The number of hydrogen-bond acceptors (Lipinski definition) is 7. The van der Waals surface area contributed by atoms with Crippen molar-refractivity contribution in [3.63, 3.8) is 0 Å². The number of benzene rings is 2. The van der Waals surface area contributed by atoms with Gasteiger partial charge in [-0.3, -0.25) is 9.59 Å². The second-order valence-electron chi connectivity index (χ2n) is 9.37. The molecular formula is C29H38N2O6. The summed E-state index contributed by atoms with van der Waals surface area (Å²) in [5.41, 5.74) is 1.09. The van der Waals surface area contributed by atoms with Gasteiger partial charge in [0, 0.05) is 18.7 Å². The van der Waals surface area contributed by atoms with Crippen LogP contribution in [0.3, 0.4) is 0 Å². The Labute approximate surface area is 219 Å². The number of aliphatic hydroxyl groups is 1. The highest BCUT2D eigenvalue weighted by Crippen LogP contribution is 2.42. The smallest absolute Gasteiger partial charge is 0.295 e. The van der Waals surface area contributed by atoms with E-state index in [0.717, 1.165) is 13.1 Å². The molecule has 0 aromatic heterocycles. The summed E-state index contributed by atoms with van der Waals surface area (Å²) < 4.78 is 16.7. The van der Waals surface area contributed by atoms with E-state index in [2.05, 4.69) is 18.7 Å². The molecular weight excluding hydrogens is 472 g/mol. The van der Waals surface area contributed by atoms with Gasteiger partial charge in [0.1, 0.15) is 11.5 Å². The van der Waals surface area contributed by atoms with E-state index in [-0.39, 0.29) is 11.3 Å². The lowest BCUT2D eigenvalue weighted by Gasteiger charge is -2.28. The Morgan fingerprint density at radius 3 is 2.35 bits per heavy atom. The molecule has 1 saturated heterocycles. The van der Waals surface area contributed by atoms with Gasteiger partial charge in [-0.25, -0.2) is 0 Å². The van der Waals surface area contributed by atoms with Crippen LogP contribution >= 0.6 is 0 Å². The maximum absolute atomic E-state index is 13.4. The van der Waals surface area contributed by atoms with Crippen LogP contribution in [0, 0.1) is 5.92 Å². The molecule has 0 aliphatic carbocycles. The van der Waals surface area contributed by atoms with Gasteiger partial charge >= 0.3 is 0 Å². The Balaban J connectivity index is 2.12. The van der Waals surface area contributed by atoms with Crippen LogP contribution in [0.2, 0.25) is 0 Å². The Bertz CT molecular complexity index is 1140. The Hall–Kier alpha value is -3.52. The first-order valence-electron chi connectivity index (χ1n) is 12.7. The fourth-order valence-electron chi connectivity index (χ4n) is 4.42. The molecule has 200 valence electrons. The minimum Gasteiger partial charge on any atom is -0.507 e. The van der Waals surface area contributed by atoms with Gasteiger partial charge in [-0.2, -0.15) is 0 Å². The molecule has 0 bridgehead atoms. The van der Waals surface area contributed by atoms with Crippen LogP contribution in [-0.4, -0.2) is 73.6 Å². The number of carbonyl (C=O) groups is 2. The first-order valence-corrected chi connectivity index (χ1v) is 12.7. The van der Waals surface area contributed by atoms with Crippen LogP contribution in [0.5, 0.6) is 17.2 Å². The highest BCUT2D eigenvalue weighted by molar-refractivity contribution is 6.46. The Morgan fingerprint density at radius 2 is 1.73 bits per heavy atom. The van der Waals surface area contributed by atoms with Crippen molar-refractivity contribution in [3.05, 3.63) is 59.2 Å². The number of Topliss-reactive ketones (excluding diaryl/α,β-unsaturated/α-hetero) is 1. The van der Waals surface area contributed by atoms with Gasteiger partial charge in [0.05, 0.1) is 32.4 Å². The summed E-state index contributed by atoms with van der Waals surface area (Å²) in [5, 5.41) is 11.4. The number of aliphatic hydroxyl groups excluding tert-OH is 1. The van der Waals surface area contributed by atoms with E-state index in [1.165, 1.54) is 12.0 Å². The van der Waals surface area contributed by atoms with E-state index in [0.29, 0.717) is 54.0 Å². The predicted octanol–water partition coefficient (Wildman–Crippen LogP) is 4.50. The molecule has 0 spiro atoms. The molecule has 37 heavy (non-hydrogen) atoms. The average molecular weight is 511 g/mol. The topological polar surface area (TPSA) is 88.5 Å². The molecule has 2 aromatic carbocycles. The van der Waals surface area contributed by atoms with Crippen LogP contribution in [0.15, 0.2) is 48.0 Å². The predicted molar refractivity (Wildman–Crippen MR) is 143 cm³/mol. The minimum atomic E-state index is -0.782. The zero-order valence-electron chi connectivity index (χ0n) is 22.6. The lowest BCUT2D eigenvalue weighted by Crippen LogP contribution is -2.38. The fraction of sp³-hybridized carbons (Fsp3) is 0.448. The first-order chi connectivity index (χ1) is 17.7. The summed E-state index contributed by atoms with van der Waals surface area (Å²) in [7, 11) is 3.07. The maximum atomic E-state index is 13.4. The molecule has 1 aliphatic heterocycles. The van der Waals surface area contributed by atoms with E-state index in [4.69, 9.17) is 14.2 Å². The average Bonchev–Trinajstić information content (AvgIpc) is 3.16. The van der Waals surface area contributed by atoms with Gasteiger partial charge in [-0.1, -0.05) is 45.9 Å². The summed E-state index contributed by atoms with van der Waals surface area (Å²) >= 11 is 0. The molecule has 1 N–H and O–H groups in total. The third kappa shape index (κ3) is 6.25. The number of ketones is 1. The standard InChI is InChI=1S/C29H38N2O6/c1-7-30(8-2)14-15-31-26(20-12-13-23(35-5)24(17-20)36-6)25(28(33)29(31)34)27(32)21-10-9-11-22(16-21)37-18-19(3)4/h9-13,16-17,19,26,32H,7-8,14-15,18H2,1-6H3/b27-25-. The number of likely N-dealkylation sites (N-methyl/N-ethyl adjacent to an activating group) is 1. The Morgan fingerprint density at radius 1 is 1.03 bits per heavy atom. The van der Waals surface area contributed by atoms with Crippen LogP contribution in [0.4, 0.5) is 0 Å². The number of ether oxygens (including phenoxy) is 3. The number of amides is 1. The monoisotopic (exact) mass is 510 g/mol. The van der Waals surface area contributed by atoms with Crippen molar-refractivity contribution >= 4 is 17.4 Å². The summed E-state index contributed by atoms with van der Waals surface area (Å²) in [5.74, 6) is 0.318. The summed E-state index contributed by atoms with van der Waals surface area (Å²) in [6, 6.07) is 11.4. The van der Waals surface area contributed by atoms with Crippen molar-refractivity contribution in [1.82, 2.24) is 9.80 Å². The molecule has 1 fully saturated rings. The van der Waals surface area contributed by atoms with Crippen molar-refractivity contribution in [2.75, 3.05) is 47.0 Å². The number of rotatable bonds is 12. The number of methoxy groups -OCH3 is 2. The van der Waals surface area contributed by atoms with Gasteiger partial charge in [0.2, 0.25) is 0 Å². The summed E-state index contributed by atoms with van der Waals surface area (Å²) in [4.78, 5) is 30.4. The van der Waals surface area contributed by atoms with E-state index in [1.54, 1.807) is 49.6 Å². The Kier molecular flexibility index (Phi) is 9.58. The van der Waals surface area contributed by atoms with Crippen molar-refractivity contribution in [3.8, 4) is 17.2 Å². The van der Waals surface area contributed by atoms with Crippen molar-refractivity contribution in [2.45, 2.75) is 33.7 Å². The van der Waals surface area contributed by atoms with Crippen LogP contribution in [-0.2, 0) is 9.59 Å². The molecule has 0 radical (unpaired) electrons. The lowest BCUT2D eigenvalue weighted by molar-refractivity contribution is -0.140. The second kappa shape index (κ2) is 12.6. The van der Waals surface area contributed by atoms with Gasteiger partial charge in [-0.05, 0) is 48.8 Å². The third-order valence-electron chi connectivity index (χ3n) is 6.51. The van der Waals surface area contributed by atoms with Gasteiger partial charge in [-0.15, -0.1) is 0 Å². The number of likely N-dealkylation sites (tertiary alicyclic amines) is 1. The fourth-order valence-corrected chi connectivity index (χ4v) is 4.42. The number of nitrogens with zero attached hydrogens (tertiary/aromatic N) is 2. The van der Waals surface area contributed by atoms with Gasteiger partial charge in [0.25, 0.3) is 11.7 Å². The maximum Gasteiger partial charge on any atom is 0.295 e. The largest absolute Gasteiger partial charge is 0.507 e. The normalized spacial score (nSPS) is 17.1. The minimum absolute atomic E-state index is 0.0396. The zero-order valence-corrected chi connectivity index (χ0v) is 22.6. The lowest BCUT2D eigenvalue weighted by atomic mass is 9.95. The van der Waals surface area contributed by atoms with E-state index in [9.17, 15) is 14.7 Å². The van der Waals surface area contributed by atoms with Crippen LogP contribution < -0.4 is 14.2 Å². The number of carbonyl (C=O) groups excluding carboxylic acids is 2. The van der Waals surface area contributed by atoms with E-state index >= 15 is 0 Å². The molecule has 8 nitrogen and oxygen atoms in total. The quantitative estimate of drug-likeness (QED) is 0.255. The van der Waals surface area contributed by atoms with Crippen molar-refractivity contribution in [2.24, 2.45) is 5.92 Å². The molecule has 1 aliphatic rings. The molecule has 0 saturated carbocycles. The van der Waals surface area contributed by atoms with E-state index < -0.39 is 17.7 Å². The highest BCUT2D eigenvalue weighted by atomic mass is 16.5. The number of hydrogen-bond donors (Lipinski definition) is 1. The summed E-state index contributed by atoms with van der Waals surface area (Å²) in [6.07, 6.45) is 0. The van der Waals surface area contributed by atoms with Crippen molar-refractivity contribution in [1.29, 1.82) is 0 Å². The second-order valence-corrected chi connectivity index (χ2v) is 9.37. The molecule has 1 unspecified atom stereocenters. The van der Waals surface area contributed by atoms with E-state index in [1.807, 2.05) is 13.8 Å². The van der Waals surface area contributed by atoms with Crippen LogP contribution in [0.1, 0.15) is 44.9 Å². The zero-order chi connectivity index (χ0) is 27.1. The SMILES string of the molecule is CCN(CC)CCN1C(=O)C(=O)/C(=C(\O)c2cccc(OCC(C)C)c2)C1c1ccc(OC)c(OC)c1. The molecule has 2 aromatic rings. The van der Waals surface area contributed by atoms with Gasteiger partial charge in [0.15, 0.2) is 11.5 Å². The molecule has 1 heterocycles. The highest BCUT2D eigenvalue weighted by Gasteiger charge is 2.46. The molecule has 1 amide bonds. The molecule has 1 atom stereocenters. The molecule has 8 heteroatoms. The molecule has 3 rings (SSSR count). The van der Waals surface area contributed by atoms with Crippen molar-refractivity contribution < 1.29 is 28.9 Å².